The molecule has 0 fully saturated rings. The van der Waals surface area contributed by atoms with Gasteiger partial charge in [-0.05, 0) is 29.5 Å². The van der Waals surface area contributed by atoms with Crippen LogP contribution in [0.2, 0.25) is 10.0 Å². The lowest BCUT2D eigenvalue weighted by Crippen LogP contribution is -2.24. The number of benzene rings is 2. The molecule has 2 aromatic carbocycles. The van der Waals surface area contributed by atoms with E-state index in [0.717, 1.165) is 4.80 Å². The van der Waals surface area contributed by atoms with Gasteiger partial charge in [-0.15, -0.1) is 10.2 Å². The normalized spacial score (nSPS) is 10.7. The summed E-state index contributed by atoms with van der Waals surface area (Å²) in [5.41, 5.74) is 3.92. The van der Waals surface area contributed by atoms with Crippen LogP contribution in [-0.2, 0) is 11.3 Å². The molecule has 134 valence electrons. The second-order valence-corrected chi connectivity index (χ2v) is 6.10. The third-order valence-electron chi connectivity index (χ3n) is 3.38. The number of halogens is 2. The van der Waals surface area contributed by atoms with Crippen molar-refractivity contribution in [2.45, 2.75) is 6.54 Å². The van der Waals surface area contributed by atoms with Gasteiger partial charge in [0.25, 0.3) is 5.91 Å². The number of aromatic nitrogens is 4. The number of carbonyl (C=O) groups is 1. The highest BCUT2D eigenvalue weighted by atomic mass is 35.5. The van der Waals surface area contributed by atoms with Gasteiger partial charge in [-0.1, -0.05) is 41.4 Å². The fourth-order valence-electron chi connectivity index (χ4n) is 2.14. The Kier molecular flexibility index (Phi) is 5.76. The quantitative estimate of drug-likeness (QED) is 0.523. The van der Waals surface area contributed by atoms with Crippen LogP contribution in [0.25, 0.3) is 11.4 Å². The van der Waals surface area contributed by atoms with Gasteiger partial charge in [0.05, 0.1) is 22.9 Å². The zero-order chi connectivity index (χ0) is 19.2. The molecule has 0 spiro atoms. The van der Waals surface area contributed by atoms with Crippen molar-refractivity contribution in [1.29, 1.82) is 5.26 Å². The van der Waals surface area contributed by atoms with Gasteiger partial charge in [0.15, 0.2) is 0 Å². The molecule has 1 heterocycles. The third-order valence-corrected chi connectivity index (χ3v) is 3.94. The van der Waals surface area contributed by atoms with Gasteiger partial charge in [0, 0.05) is 16.1 Å². The van der Waals surface area contributed by atoms with Gasteiger partial charge in [0.1, 0.15) is 6.54 Å². The van der Waals surface area contributed by atoms with E-state index in [2.05, 4.69) is 32.0 Å². The summed E-state index contributed by atoms with van der Waals surface area (Å²) in [6.07, 6.45) is 1.40. The molecule has 0 aliphatic heterocycles. The summed E-state index contributed by atoms with van der Waals surface area (Å²) >= 11 is 11.8. The van der Waals surface area contributed by atoms with Crippen LogP contribution in [0.3, 0.4) is 0 Å². The Labute approximate surface area is 164 Å². The van der Waals surface area contributed by atoms with E-state index in [-0.39, 0.29) is 12.4 Å². The highest BCUT2D eigenvalue weighted by Crippen LogP contribution is 2.19. The number of tetrazole rings is 1. The summed E-state index contributed by atoms with van der Waals surface area (Å²) in [5, 5.41) is 25.7. The van der Waals surface area contributed by atoms with Gasteiger partial charge < -0.3 is 0 Å². The first kappa shape index (κ1) is 18.5. The van der Waals surface area contributed by atoms with Gasteiger partial charge >= 0.3 is 0 Å². The van der Waals surface area contributed by atoms with Gasteiger partial charge in [-0.2, -0.15) is 15.2 Å². The number of nitrogens with zero attached hydrogens (tertiary/aromatic N) is 6. The minimum atomic E-state index is -0.450. The summed E-state index contributed by atoms with van der Waals surface area (Å²) < 4.78 is 0. The number of hydrazone groups is 1. The van der Waals surface area contributed by atoms with Crippen molar-refractivity contribution in [2.24, 2.45) is 5.10 Å². The number of carbonyl (C=O) groups excluding carboxylic acids is 1. The fourth-order valence-corrected chi connectivity index (χ4v) is 2.59. The molecule has 27 heavy (non-hydrogen) atoms. The maximum atomic E-state index is 12.0. The van der Waals surface area contributed by atoms with Crippen molar-refractivity contribution in [1.82, 2.24) is 25.6 Å². The van der Waals surface area contributed by atoms with E-state index in [9.17, 15) is 4.79 Å². The van der Waals surface area contributed by atoms with E-state index >= 15 is 0 Å². The Morgan fingerprint density at radius 1 is 1.30 bits per heavy atom. The van der Waals surface area contributed by atoms with Gasteiger partial charge in [0.2, 0.25) is 5.82 Å². The van der Waals surface area contributed by atoms with Crippen molar-refractivity contribution >= 4 is 35.3 Å². The average Bonchev–Trinajstić information content (AvgIpc) is 3.11. The van der Waals surface area contributed by atoms with Crippen molar-refractivity contribution < 1.29 is 4.79 Å². The molecular formula is C17H11Cl2N7O. The molecule has 0 bridgehead atoms. The summed E-state index contributed by atoms with van der Waals surface area (Å²) in [7, 11) is 0. The lowest BCUT2D eigenvalue weighted by atomic mass is 10.1. The van der Waals surface area contributed by atoms with Crippen molar-refractivity contribution in [2.75, 3.05) is 0 Å². The zero-order valence-corrected chi connectivity index (χ0v) is 15.2. The molecule has 3 aromatic rings. The number of amides is 1. The van der Waals surface area contributed by atoms with Crippen molar-refractivity contribution in [3.05, 3.63) is 63.6 Å². The van der Waals surface area contributed by atoms with Crippen LogP contribution in [0.1, 0.15) is 11.1 Å². The second kappa shape index (κ2) is 8.40. The Bertz CT molecular complexity index is 1060. The smallest absolute Gasteiger partial charge is 0.263 e. The molecule has 10 heteroatoms. The highest BCUT2D eigenvalue weighted by molar-refractivity contribution is 6.36. The third kappa shape index (κ3) is 4.67. The van der Waals surface area contributed by atoms with Crippen LogP contribution < -0.4 is 5.43 Å². The van der Waals surface area contributed by atoms with Crippen molar-refractivity contribution in [3.8, 4) is 17.5 Å². The fraction of sp³-hybridized carbons (Fsp3) is 0.0588. The van der Waals surface area contributed by atoms with E-state index in [4.69, 9.17) is 28.5 Å². The molecule has 1 aromatic heterocycles. The molecule has 1 amide bonds. The molecule has 0 saturated carbocycles. The predicted octanol–water partition coefficient (Wildman–Crippen LogP) is 2.67. The van der Waals surface area contributed by atoms with E-state index < -0.39 is 5.91 Å². The maximum absolute atomic E-state index is 12.0. The van der Waals surface area contributed by atoms with Crippen LogP contribution in [0.15, 0.2) is 47.6 Å². The van der Waals surface area contributed by atoms with Gasteiger partial charge in [-0.25, -0.2) is 5.43 Å². The Hall–Kier alpha value is -3.28. The Balaban J connectivity index is 1.63. The standard InChI is InChI=1S/C17H11Cl2N7O/c18-13-6-5-12(15(19)7-13)9-21-22-16(27)10-26-24-17(23-25-26)14-4-2-1-3-11(14)8-20/h1-7,9H,10H2,(H,22,27). The van der Waals surface area contributed by atoms with Gasteiger partial charge in [-0.3, -0.25) is 4.79 Å². The molecule has 3 rings (SSSR count). The van der Waals surface area contributed by atoms with E-state index in [1.165, 1.54) is 6.21 Å². The van der Waals surface area contributed by atoms with E-state index in [0.29, 0.717) is 26.7 Å². The lowest BCUT2D eigenvalue weighted by Gasteiger charge is -2.00. The van der Waals surface area contributed by atoms with Crippen LogP contribution in [-0.4, -0.2) is 32.3 Å². The number of hydrogen-bond donors (Lipinski definition) is 1. The maximum Gasteiger partial charge on any atom is 0.263 e. The number of rotatable bonds is 5. The number of nitriles is 1. The average molecular weight is 400 g/mol. The second-order valence-electron chi connectivity index (χ2n) is 5.26. The van der Waals surface area contributed by atoms with Crippen molar-refractivity contribution in [3.63, 3.8) is 0 Å². The largest absolute Gasteiger partial charge is 0.271 e. The topological polar surface area (TPSA) is 109 Å². The van der Waals surface area contributed by atoms with Crippen LogP contribution >= 0.6 is 23.2 Å². The molecule has 1 N–H and O–H groups in total. The summed E-state index contributed by atoms with van der Waals surface area (Å²) in [6, 6.07) is 13.8. The van der Waals surface area contributed by atoms with Crippen LogP contribution in [0.5, 0.6) is 0 Å². The molecule has 0 aliphatic carbocycles. The molecule has 0 radical (unpaired) electrons. The Morgan fingerprint density at radius 2 is 2.11 bits per heavy atom. The monoisotopic (exact) mass is 399 g/mol. The molecule has 0 aliphatic rings. The highest BCUT2D eigenvalue weighted by Gasteiger charge is 2.12. The minimum Gasteiger partial charge on any atom is -0.271 e. The first-order valence-corrected chi connectivity index (χ1v) is 8.36. The number of hydrogen-bond acceptors (Lipinski definition) is 6. The predicted molar refractivity (Wildman–Crippen MR) is 100 cm³/mol. The molecule has 0 saturated heterocycles. The molecule has 0 atom stereocenters. The summed E-state index contributed by atoms with van der Waals surface area (Å²) in [6.45, 7) is -0.187. The van der Waals surface area contributed by atoms with E-state index in [1.54, 1.807) is 42.5 Å². The minimum absolute atomic E-state index is 0.187. The lowest BCUT2D eigenvalue weighted by molar-refractivity contribution is -0.122. The first-order chi connectivity index (χ1) is 13.1. The Morgan fingerprint density at radius 3 is 2.89 bits per heavy atom. The summed E-state index contributed by atoms with van der Waals surface area (Å²) in [4.78, 5) is 13.1. The first-order valence-electron chi connectivity index (χ1n) is 7.61. The molecule has 8 nitrogen and oxygen atoms in total. The van der Waals surface area contributed by atoms with E-state index in [1.807, 2.05) is 0 Å². The number of nitrogens with one attached hydrogen (secondary N) is 1. The summed E-state index contributed by atoms with van der Waals surface area (Å²) in [5.74, 6) is -0.190. The molecule has 0 unspecified atom stereocenters. The SMILES string of the molecule is N#Cc1ccccc1-c1nnn(CC(=O)NN=Cc2ccc(Cl)cc2Cl)n1. The van der Waals surface area contributed by atoms with Crippen LogP contribution in [0.4, 0.5) is 0 Å². The van der Waals surface area contributed by atoms with Crippen LogP contribution in [0, 0.1) is 11.3 Å². The zero-order valence-electron chi connectivity index (χ0n) is 13.7. The molecular weight excluding hydrogens is 389 g/mol.